The summed E-state index contributed by atoms with van der Waals surface area (Å²) in [7, 11) is -0.825. The molecule has 1 atom stereocenters. The molecule has 1 fully saturated rings. The second-order valence-electron chi connectivity index (χ2n) is 6.32. The summed E-state index contributed by atoms with van der Waals surface area (Å²) in [6, 6.07) is 2.27. The lowest BCUT2D eigenvalue weighted by Gasteiger charge is -2.32. The summed E-state index contributed by atoms with van der Waals surface area (Å²) in [6.07, 6.45) is 0. The SMILES string of the molecule is CC1(C)OB([C@H](N)c2cc(O)c(O)c([N+](=O)[O-])c2)OC1(C)C. The van der Waals surface area contributed by atoms with Crippen molar-refractivity contribution < 1.29 is 24.4 Å². The first kappa shape index (κ1) is 16.5. The Morgan fingerprint density at radius 1 is 1.23 bits per heavy atom. The van der Waals surface area contributed by atoms with Crippen molar-refractivity contribution in [2.75, 3.05) is 0 Å². The molecule has 0 bridgehead atoms. The molecule has 1 heterocycles. The highest BCUT2D eigenvalue weighted by molar-refractivity contribution is 6.47. The van der Waals surface area contributed by atoms with Crippen LogP contribution in [0.15, 0.2) is 12.1 Å². The summed E-state index contributed by atoms with van der Waals surface area (Å²) in [4.78, 5) is 10.1. The first-order chi connectivity index (χ1) is 9.96. The third-order valence-corrected chi connectivity index (χ3v) is 4.24. The molecule has 4 N–H and O–H groups in total. The summed E-state index contributed by atoms with van der Waals surface area (Å²) in [5.41, 5.74) is 4.48. The van der Waals surface area contributed by atoms with Crippen molar-refractivity contribution in [3.05, 3.63) is 27.8 Å². The van der Waals surface area contributed by atoms with Crippen LogP contribution >= 0.6 is 0 Å². The smallest absolute Gasteiger partial charge is 0.480 e. The number of aromatic hydroxyl groups is 2. The Hall–Kier alpha value is -1.84. The number of nitrogens with two attached hydrogens (primary N) is 1. The van der Waals surface area contributed by atoms with Gasteiger partial charge in [-0.1, -0.05) is 0 Å². The van der Waals surface area contributed by atoms with Gasteiger partial charge in [0, 0.05) is 6.07 Å². The van der Waals surface area contributed by atoms with Crippen LogP contribution in [0.25, 0.3) is 0 Å². The Morgan fingerprint density at radius 2 is 1.73 bits per heavy atom. The average Bonchev–Trinajstić information content (AvgIpc) is 2.60. The van der Waals surface area contributed by atoms with Gasteiger partial charge in [0.15, 0.2) is 5.75 Å². The Kier molecular flexibility index (Phi) is 3.84. The van der Waals surface area contributed by atoms with E-state index >= 15 is 0 Å². The molecule has 120 valence electrons. The van der Waals surface area contributed by atoms with Gasteiger partial charge in [-0.05, 0) is 39.3 Å². The largest absolute Gasteiger partial charge is 0.504 e. The number of nitro benzene ring substituents is 1. The van der Waals surface area contributed by atoms with Gasteiger partial charge >= 0.3 is 12.8 Å². The molecule has 22 heavy (non-hydrogen) atoms. The van der Waals surface area contributed by atoms with Crippen LogP contribution < -0.4 is 5.73 Å². The number of phenolic OH excluding ortho intramolecular Hbond substituents is 2. The van der Waals surface area contributed by atoms with Crippen LogP contribution in [-0.4, -0.2) is 33.5 Å². The Bertz CT molecular complexity index is 603. The topological polar surface area (TPSA) is 128 Å². The standard InChI is InChI=1S/C13H19BN2O6/c1-12(2)13(3,4)22-14(21-12)11(15)7-5-8(16(19)20)10(18)9(17)6-7/h5-6,11,17-18H,15H2,1-4H3/t11-/m1/s1. The molecule has 1 aromatic carbocycles. The highest BCUT2D eigenvalue weighted by Gasteiger charge is 2.53. The fourth-order valence-electron chi connectivity index (χ4n) is 2.15. The van der Waals surface area contributed by atoms with E-state index in [0.29, 0.717) is 0 Å². The molecular weight excluding hydrogens is 291 g/mol. The number of phenols is 2. The molecule has 1 aliphatic rings. The minimum atomic E-state index is -0.855. The van der Waals surface area contributed by atoms with E-state index in [1.807, 2.05) is 27.7 Å². The van der Waals surface area contributed by atoms with E-state index in [4.69, 9.17) is 15.0 Å². The summed E-state index contributed by atoms with van der Waals surface area (Å²) in [5.74, 6) is -2.27. The van der Waals surface area contributed by atoms with Gasteiger partial charge < -0.3 is 25.3 Å². The molecule has 0 spiro atoms. The van der Waals surface area contributed by atoms with E-state index in [2.05, 4.69) is 0 Å². The predicted octanol–water partition coefficient (Wildman–Crippen LogP) is 1.64. The van der Waals surface area contributed by atoms with Crippen LogP contribution in [0.5, 0.6) is 11.5 Å². The van der Waals surface area contributed by atoms with E-state index in [0.717, 1.165) is 12.1 Å². The maximum absolute atomic E-state index is 10.9. The zero-order valence-electron chi connectivity index (χ0n) is 12.9. The summed E-state index contributed by atoms with van der Waals surface area (Å²) >= 11 is 0. The predicted molar refractivity (Wildman–Crippen MR) is 79.4 cm³/mol. The monoisotopic (exact) mass is 310 g/mol. The number of hydrogen-bond donors (Lipinski definition) is 3. The molecule has 0 aromatic heterocycles. The number of rotatable bonds is 3. The number of hydrogen-bond acceptors (Lipinski definition) is 7. The summed E-state index contributed by atoms with van der Waals surface area (Å²) < 4.78 is 11.6. The van der Waals surface area contributed by atoms with Crippen molar-refractivity contribution in [2.45, 2.75) is 44.8 Å². The summed E-state index contributed by atoms with van der Waals surface area (Å²) in [5, 5.41) is 30.1. The van der Waals surface area contributed by atoms with Gasteiger partial charge in [-0.2, -0.15) is 0 Å². The first-order valence-electron chi connectivity index (χ1n) is 6.78. The molecule has 0 amide bonds. The molecule has 2 rings (SSSR count). The second kappa shape index (κ2) is 5.11. The van der Waals surface area contributed by atoms with Crippen molar-refractivity contribution in [2.24, 2.45) is 5.73 Å². The van der Waals surface area contributed by atoms with Gasteiger partial charge in [-0.15, -0.1) is 0 Å². The highest BCUT2D eigenvalue weighted by Crippen LogP contribution is 2.42. The number of benzene rings is 1. The molecule has 8 nitrogen and oxygen atoms in total. The molecular formula is C13H19BN2O6. The van der Waals surface area contributed by atoms with Crippen molar-refractivity contribution in [3.8, 4) is 11.5 Å². The van der Waals surface area contributed by atoms with Crippen LogP contribution in [0.1, 0.15) is 39.2 Å². The maximum Gasteiger partial charge on any atom is 0.480 e. The van der Waals surface area contributed by atoms with E-state index in [-0.39, 0.29) is 5.56 Å². The number of nitrogens with zero attached hydrogens (tertiary/aromatic N) is 1. The van der Waals surface area contributed by atoms with Crippen molar-refractivity contribution in [1.82, 2.24) is 0 Å². The van der Waals surface area contributed by atoms with Gasteiger partial charge in [0.05, 0.1) is 22.1 Å². The van der Waals surface area contributed by atoms with Crippen LogP contribution in [0, 0.1) is 10.1 Å². The van der Waals surface area contributed by atoms with Crippen LogP contribution in [0.3, 0.4) is 0 Å². The van der Waals surface area contributed by atoms with Crippen LogP contribution in [-0.2, 0) is 9.31 Å². The second-order valence-corrected chi connectivity index (χ2v) is 6.32. The Labute approximate surface area is 128 Å². The molecule has 0 saturated carbocycles. The Morgan fingerprint density at radius 3 is 2.18 bits per heavy atom. The zero-order chi connectivity index (χ0) is 16.9. The minimum absolute atomic E-state index is 0.237. The third-order valence-electron chi connectivity index (χ3n) is 4.24. The maximum atomic E-state index is 10.9. The Balaban J connectivity index is 2.35. The van der Waals surface area contributed by atoms with Gasteiger partial charge in [-0.25, -0.2) is 0 Å². The molecule has 9 heteroatoms. The minimum Gasteiger partial charge on any atom is -0.504 e. The molecule has 0 aliphatic carbocycles. The van der Waals surface area contributed by atoms with Gasteiger partial charge in [0.1, 0.15) is 0 Å². The third kappa shape index (κ3) is 2.62. The van der Waals surface area contributed by atoms with Gasteiger partial charge in [-0.3, -0.25) is 10.1 Å². The molecule has 1 aromatic rings. The van der Waals surface area contributed by atoms with Crippen molar-refractivity contribution in [3.63, 3.8) is 0 Å². The average molecular weight is 310 g/mol. The quantitative estimate of drug-likeness (QED) is 0.335. The molecule has 0 radical (unpaired) electrons. The van der Waals surface area contributed by atoms with E-state index in [9.17, 15) is 20.3 Å². The normalized spacial score (nSPS) is 20.9. The van der Waals surface area contributed by atoms with Crippen molar-refractivity contribution >= 4 is 12.8 Å². The van der Waals surface area contributed by atoms with E-state index in [1.165, 1.54) is 0 Å². The molecule has 1 aliphatic heterocycles. The van der Waals surface area contributed by atoms with E-state index < -0.39 is 46.4 Å². The fraction of sp³-hybridized carbons (Fsp3) is 0.538. The van der Waals surface area contributed by atoms with Gasteiger partial charge in [0.2, 0.25) is 5.75 Å². The first-order valence-corrected chi connectivity index (χ1v) is 6.78. The molecule has 1 saturated heterocycles. The molecule has 0 unspecified atom stereocenters. The zero-order valence-corrected chi connectivity index (χ0v) is 12.9. The van der Waals surface area contributed by atoms with Crippen molar-refractivity contribution in [1.29, 1.82) is 0 Å². The highest BCUT2D eigenvalue weighted by atomic mass is 16.7. The lowest BCUT2D eigenvalue weighted by Crippen LogP contribution is -2.41. The van der Waals surface area contributed by atoms with Gasteiger partial charge in [0.25, 0.3) is 0 Å². The fourth-order valence-corrected chi connectivity index (χ4v) is 2.15. The lowest BCUT2D eigenvalue weighted by molar-refractivity contribution is -0.386. The van der Waals surface area contributed by atoms with Crippen LogP contribution in [0.2, 0.25) is 0 Å². The lowest BCUT2D eigenvalue weighted by atomic mass is 9.74. The van der Waals surface area contributed by atoms with E-state index in [1.54, 1.807) is 0 Å². The van der Waals surface area contributed by atoms with Crippen LogP contribution in [0.4, 0.5) is 5.69 Å². The number of nitro groups is 1. The summed E-state index contributed by atoms with van der Waals surface area (Å²) in [6.45, 7) is 7.43.